The molecule has 3 aromatic rings. The lowest BCUT2D eigenvalue weighted by Gasteiger charge is -2.37. The summed E-state index contributed by atoms with van der Waals surface area (Å²) in [6, 6.07) is 10.1. The number of rotatable bonds is 4. The molecule has 3 N–H and O–H groups in total. The predicted octanol–water partition coefficient (Wildman–Crippen LogP) is 3.25. The van der Waals surface area contributed by atoms with E-state index in [-0.39, 0.29) is 29.8 Å². The summed E-state index contributed by atoms with van der Waals surface area (Å²) < 4.78 is 14.0. The summed E-state index contributed by atoms with van der Waals surface area (Å²) in [6.45, 7) is 1.80. The second kappa shape index (κ2) is 6.53. The summed E-state index contributed by atoms with van der Waals surface area (Å²) in [4.78, 5) is 20.2. The van der Waals surface area contributed by atoms with Gasteiger partial charge in [-0.15, -0.1) is 0 Å². The lowest BCUT2D eigenvalue weighted by molar-refractivity contribution is 0.0227. The van der Waals surface area contributed by atoms with Gasteiger partial charge in [-0.2, -0.15) is 0 Å². The number of aromatic nitrogens is 2. The lowest BCUT2D eigenvalue weighted by Crippen LogP contribution is -2.42. The van der Waals surface area contributed by atoms with Gasteiger partial charge in [0.25, 0.3) is 5.91 Å². The minimum atomic E-state index is -0.381. The van der Waals surface area contributed by atoms with Crippen LogP contribution in [0.1, 0.15) is 40.6 Å². The van der Waals surface area contributed by atoms with E-state index in [1.807, 2.05) is 18.2 Å². The highest BCUT2D eigenvalue weighted by Crippen LogP contribution is 2.37. The zero-order valence-corrected chi connectivity index (χ0v) is 14.4. The van der Waals surface area contributed by atoms with Gasteiger partial charge < -0.3 is 15.4 Å². The number of hydrogen-bond donors (Lipinski definition) is 3. The van der Waals surface area contributed by atoms with Crippen molar-refractivity contribution in [2.45, 2.75) is 31.9 Å². The maximum atomic E-state index is 14.0. The van der Waals surface area contributed by atoms with Gasteiger partial charge in [-0.3, -0.25) is 9.78 Å². The number of aliphatic hydroxyl groups excluding tert-OH is 1. The number of halogens is 1. The van der Waals surface area contributed by atoms with Crippen molar-refractivity contribution in [1.82, 2.24) is 15.3 Å². The van der Waals surface area contributed by atoms with E-state index in [9.17, 15) is 14.3 Å². The average Bonchev–Trinajstić information content (AvgIpc) is 2.96. The number of hydrogen-bond acceptors (Lipinski definition) is 3. The lowest BCUT2D eigenvalue weighted by atomic mass is 9.76. The molecule has 0 aliphatic heterocycles. The van der Waals surface area contributed by atoms with Crippen LogP contribution in [0.2, 0.25) is 0 Å². The van der Waals surface area contributed by atoms with Gasteiger partial charge in [0.2, 0.25) is 0 Å². The Balaban J connectivity index is 1.65. The molecule has 134 valence electrons. The van der Waals surface area contributed by atoms with Gasteiger partial charge in [0.15, 0.2) is 0 Å². The number of fused-ring (bicyclic) bond motifs is 1. The van der Waals surface area contributed by atoms with E-state index < -0.39 is 0 Å². The highest BCUT2D eigenvalue weighted by Gasteiger charge is 2.36. The third kappa shape index (κ3) is 2.86. The smallest absolute Gasteiger partial charge is 0.268 e. The highest BCUT2D eigenvalue weighted by molar-refractivity contribution is 6.01. The molecule has 0 spiro atoms. The molecule has 1 amide bonds. The van der Waals surface area contributed by atoms with E-state index in [1.165, 1.54) is 6.07 Å². The summed E-state index contributed by atoms with van der Waals surface area (Å²) in [7, 11) is 0. The molecule has 5 nitrogen and oxygen atoms in total. The number of carbonyl (C=O) groups excluding carboxylic acids is 1. The number of aliphatic hydroxyl groups is 1. The van der Waals surface area contributed by atoms with Gasteiger partial charge in [0, 0.05) is 11.6 Å². The Labute approximate surface area is 150 Å². The number of nitrogens with one attached hydrogen (secondary N) is 2. The van der Waals surface area contributed by atoms with E-state index in [0.717, 1.165) is 5.69 Å². The van der Waals surface area contributed by atoms with E-state index in [1.54, 1.807) is 25.3 Å². The molecule has 6 heteroatoms. The fourth-order valence-corrected chi connectivity index (χ4v) is 3.65. The first-order chi connectivity index (χ1) is 12.5. The molecule has 0 saturated heterocycles. The van der Waals surface area contributed by atoms with Crippen molar-refractivity contribution in [1.29, 1.82) is 0 Å². The summed E-state index contributed by atoms with van der Waals surface area (Å²) in [6.07, 6.45) is 2.61. The van der Waals surface area contributed by atoms with Gasteiger partial charge in [-0.25, -0.2) is 4.39 Å². The average molecular weight is 353 g/mol. The maximum Gasteiger partial charge on any atom is 0.268 e. The number of benzene rings is 1. The van der Waals surface area contributed by atoms with Crippen LogP contribution in [-0.2, 0) is 0 Å². The number of nitrogens with zero attached hydrogens (tertiary/aromatic N) is 1. The van der Waals surface area contributed by atoms with Crippen LogP contribution in [-0.4, -0.2) is 27.1 Å². The first kappa shape index (κ1) is 16.7. The summed E-state index contributed by atoms with van der Waals surface area (Å²) in [5.41, 5.74) is 2.16. The second-order valence-corrected chi connectivity index (χ2v) is 6.88. The molecule has 1 saturated carbocycles. The molecule has 1 aromatic carbocycles. The number of H-pyrrole nitrogens is 1. The Morgan fingerprint density at radius 1 is 1.31 bits per heavy atom. The van der Waals surface area contributed by atoms with Gasteiger partial charge in [-0.1, -0.05) is 18.2 Å². The Morgan fingerprint density at radius 2 is 2.12 bits per heavy atom. The van der Waals surface area contributed by atoms with E-state index in [2.05, 4.69) is 15.3 Å². The van der Waals surface area contributed by atoms with Gasteiger partial charge >= 0.3 is 0 Å². The third-order valence-electron chi connectivity index (χ3n) is 5.18. The summed E-state index contributed by atoms with van der Waals surface area (Å²) in [5, 5.41) is 13.4. The minimum Gasteiger partial charge on any atom is -0.393 e. The van der Waals surface area contributed by atoms with Gasteiger partial charge in [0.1, 0.15) is 11.5 Å². The zero-order valence-electron chi connectivity index (χ0n) is 14.4. The zero-order chi connectivity index (χ0) is 18.3. The van der Waals surface area contributed by atoms with Crippen molar-refractivity contribution in [2.75, 3.05) is 0 Å². The third-order valence-corrected chi connectivity index (χ3v) is 5.18. The van der Waals surface area contributed by atoms with Crippen molar-refractivity contribution >= 4 is 16.8 Å². The van der Waals surface area contributed by atoms with Crippen LogP contribution < -0.4 is 5.32 Å². The summed E-state index contributed by atoms with van der Waals surface area (Å²) in [5.74, 6) is -0.548. The molecule has 2 aromatic heterocycles. The van der Waals surface area contributed by atoms with E-state index in [0.29, 0.717) is 35.0 Å². The van der Waals surface area contributed by atoms with Crippen LogP contribution >= 0.6 is 0 Å². The second-order valence-electron chi connectivity index (χ2n) is 6.88. The summed E-state index contributed by atoms with van der Waals surface area (Å²) >= 11 is 0. The van der Waals surface area contributed by atoms with E-state index in [4.69, 9.17) is 0 Å². The molecule has 4 rings (SSSR count). The number of aromatic amines is 1. The van der Waals surface area contributed by atoms with Crippen molar-refractivity contribution in [3.8, 4) is 0 Å². The minimum absolute atomic E-state index is 0.130. The van der Waals surface area contributed by atoms with Crippen LogP contribution in [0.5, 0.6) is 0 Å². The SMILES string of the molecule is Cc1c(C(=O)N[C@@H](c2ccccn2)C2CC(O)C2)[nH]c2c(F)cccc12. The van der Waals surface area contributed by atoms with Crippen molar-refractivity contribution in [3.63, 3.8) is 0 Å². The molecule has 0 radical (unpaired) electrons. The fraction of sp³-hybridized carbons (Fsp3) is 0.300. The first-order valence-electron chi connectivity index (χ1n) is 8.71. The van der Waals surface area contributed by atoms with E-state index >= 15 is 0 Å². The van der Waals surface area contributed by atoms with Crippen molar-refractivity contribution in [3.05, 3.63) is 65.4 Å². The number of pyridine rings is 1. The topological polar surface area (TPSA) is 78.0 Å². The largest absolute Gasteiger partial charge is 0.393 e. The number of para-hydroxylation sites is 1. The number of amides is 1. The molecular formula is C20H20FN3O2. The fourth-order valence-electron chi connectivity index (χ4n) is 3.65. The van der Waals surface area contributed by atoms with Crippen LogP contribution in [0.4, 0.5) is 4.39 Å². The highest BCUT2D eigenvalue weighted by atomic mass is 19.1. The number of carbonyl (C=O) groups is 1. The van der Waals surface area contributed by atoms with Gasteiger partial charge in [0.05, 0.1) is 23.4 Å². The normalized spacial score (nSPS) is 20.6. The Bertz CT molecular complexity index is 948. The predicted molar refractivity (Wildman–Crippen MR) is 96.2 cm³/mol. The van der Waals surface area contributed by atoms with Crippen molar-refractivity contribution < 1.29 is 14.3 Å². The Hall–Kier alpha value is -2.73. The molecule has 1 aliphatic carbocycles. The Kier molecular flexibility index (Phi) is 4.20. The molecular weight excluding hydrogens is 333 g/mol. The molecule has 1 fully saturated rings. The molecule has 0 bridgehead atoms. The molecule has 1 atom stereocenters. The molecule has 1 aliphatic rings. The Morgan fingerprint density at radius 3 is 2.77 bits per heavy atom. The standard InChI is InChI=1S/C20H20FN3O2/c1-11-14-5-4-6-15(21)19(14)23-17(11)20(26)24-18(12-9-13(25)10-12)16-7-2-3-8-22-16/h2-8,12-13,18,23,25H,9-10H2,1H3,(H,24,26)/t12?,13?,18-/m1/s1. The molecule has 2 heterocycles. The van der Waals surface area contributed by atoms with Crippen LogP contribution in [0.3, 0.4) is 0 Å². The monoisotopic (exact) mass is 353 g/mol. The quantitative estimate of drug-likeness (QED) is 0.674. The molecule has 0 unspecified atom stereocenters. The first-order valence-corrected chi connectivity index (χ1v) is 8.71. The van der Waals surface area contributed by atoms with Gasteiger partial charge in [-0.05, 0) is 49.4 Å². The molecule has 26 heavy (non-hydrogen) atoms. The maximum absolute atomic E-state index is 14.0. The van der Waals surface area contributed by atoms with Crippen LogP contribution in [0.15, 0.2) is 42.6 Å². The van der Waals surface area contributed by atoms with Crippen LogP contribution in [0.25, 0.3) is 10.9 Å². The van der Waals surface area contributed by atoms with Crippen LogP contribution in [0, 0.1) is 18.7 Å². The number of aryl methyl sites for hydroxylation is 1. The van der Waals surface area contributed by atoms with Crippen molar-refractivity contribution in [2.24, 2.45) is 5.92 Å².